The van der Waals surface area contributed by atoms with Gasteiger partial charge < -0.3 is 0 Å². The molecule has 5 aromatic rings. The summed E-state index contributed by atoms with van der Waals surface area (Å²) in [4.78, 5) is 4.93. The summed E-state index contributed by atoms with van der Waals surface area (Å²) in [7, 11) is 0. The molecule has 0 bridgehead atoms. The number of nitrogens with zero attached hydrogens (tertiary/aromatic N) is 1. The Morgan fingerprint density at radius 3 is 1.83 bits per heavy atom. The van der Waals surface area contributed by atoms with Gasteiger partial charge in [0.05, 0.1) is 11.2 Å². The lowest BCUT2D eigenvalue weighted by Gasteiger charge is -2.12. The minimum Gasteiger partial charge on any atom is -0.248 e. The van der Waals surface area contributed by atoms with Crippen molar-refractivity contribution in [2.24, 2.45) is 0 Å². The monoisotopic (exact) mass is 375 g/mol. The Labute approximate surface area is 169 Å². The molecular weight excluding hydrogens is 357 g/mol. The van der Waals surface area contributed by atoms with Crippen molar-refractivity contribution in [1.29, 1.82) is 0 Å². The minimum atomic E-state index is -0.246. The molecule has 0 radical (unpaired) electrons. The fourth-order valence-corrected chi connectivity index (χ4v) is 3.66. The van der Waals surface area contributed by atoms with Gasteiger partial charge >= 0.3 is 0 Å². The van der Waals surface area contributed by atoms with Gasteiger partial charge in [0.2, 0.25) is 0 Å². The molecule has 0 aliphatic rings. The van der Waals surface area contributed by atoms with Gasteiger partial charge in [-0.2, -0.15) is 0 Å². The Balaban J connectivity index is 1.76. The third-order valence-electron chi connectivity index (χ3n) is 5.14. The number of halogens is 1. The van der Waals surface area contributed by atoms with E-state index in [-0.39, 0.29) is 5.82 Å². The Hall–Kier alpha value is -3.78. The van der Waals surface area contributed by atoms with E-state index in [1.165, 1.54) is 12.1 Å². The van der Waals surface area contributed by atoms with Crippen molar-refractivity contribution in [2.75, 3.05) is 0 Å². The van der Waals surface area contributed by atoms with E-state index in [1.54, 1.807) is 12.1 Å². The summed E-state index contributed by atoms with van der Waals surface area (Å²) in [6.45, 7) is 0. The van der Waals surface area contributed by atoms with E-state index in [9.17, 15) is 4.39 Å². The number of hydrogen-bond acceptors (Lipinski definition) is 1. The molecule has 0 saturated heterocycles. The van der Waals surface area contributed by atoms with Crippen LogP contribution in [0.1, 0.15) is 0 Å². The third kappa shape index (κ3) is 3.41. The molecule has 1 nitrogen and oxygen atoms in total. The summed E-state index contributed by atoms with van der Waals surface area (Å²) >= 11 is 0. The van der Waals surface area contributed by atoms with Crippen LogP contribution in [0, 0.1) is 5.82 Å². The third-order valence-corrected chi connectivity index (χ3v) is 5.14. The highest BCUT2D eigenvalue weighted by molar-refractivity contribution is 5.98. The van der Waals surface area contributed by atoms with Gasteiger partial charge in [-0.3, -0.25) is 0 Å². The highest BCUT2D eigenvalue weighted by Crippen LogP contribution is 2.34. The van der Waals surface area contributed by atoms with Gasteiger partial charge in [0.1, 0.15) is 5.82 Å². The molecule has 5 rings (SSSR count). The molecule has 0 N–H and O–H groups in total. The normalized spacial score (nSPS) is 10.9. The average Bonchev–Trinajstić information content (AvgIpc) is 2.79. The minimum absolute atomic E-state index is 0.246. The predicted molar refractivity (Wildman–Crippen MR) is 118 cm³/mol. The van der Waals surface area contributed by atoms with Crippen LogP contribution in [0.3, 0.4) is 0 Å². The molecule has 0 aliphatic heterocycles. The molecular formula is C27H18FN. The molecule has 1 aromatic heterocycles. The average molecular weight is 375 g/mol. The van der Waals surface area contributed by atoms with Crippen LogP contribution >= 0.6 is 0 Å². The predicted octanol–water partition coefficient (Wildman–Crippen LogP) is 7.37. The van der Waals surface area contributed by atoms with Gasteiger partial charge in [0.15, 0.2) is 0 Å². The van der Waals surface area contributed by atoms with Crippen LogP contribution in [0.15, 0.2) is 109 Å². The van der Waals surface area contributed by atoms with E-state index in [0.29, 0.717) is 0 Å². The molecule has 138 valence electrons. The number of benzene rings is 4. The molecule has 0 aliphatic carbocycles. The summed E-state index contributed by atoms with van der Waals surface area (Å²) in [5.41, 5.74) is 7.19. The topological polar surface area (TPSA) is 12.9 Å². The first kappa shape index (κ1) is 17.3. The number of fused-ring (bicyclic) bond motifs is 1. The van der Waals surface area contributed by atoms with Crippen LogP contribution in [0.2, 0.25) is 0 Å². The zero-order valence-corrected chi connectivity index (χ0v) is 15.7. The second-order valence-corrected chi connectivity index (χ2v) is 7.03. The van der Waals surface area contributed by atoms with Crippen LogP contribution in [-0.4, -0.2) is 4.98 Å². The number of pyridine rings is 1. The van der Waals surface area contributed by atoms with E-state index in [0.717, 1.165) is 44.4 Å². The van der Waals surface area contributed by atoms with Gasteiger partial charge in [0.25, 0.3) is 0 Å². The first-order valence-electron chi connectivity index (χ1n) is 9.59. The standard InChI is InChI=1S/C27H18FN/c28-23-14-11-21(12-15-23)26-18-25(20-9-5-2-6-10-20)24-16-13-22(17-27(24)29-26)19-7-3-1-4-8-19/h1-18H. The van der Waals surface area contributed by atoms with E-state index in [1.807, 2.05) is 36.4 Å². The zero-order chi connectivity index (χ0) is 19.6. The van der Waals surface area contributed by atoms with Crippen LogP contribution < -0.4 is 0 Å². The summed E-state index contributed by atoms with van der Waals surface area (Å²) in [5.74, 6) is -0.246. The van der Waals surface area contributed by atoms with Gasteiger partial charge in [0, 0.05) is 10.9 Å². The highest BCUT2D eigenvalue weighted by atomic mass is 19.1. The first-order valence-corrected chi connectivity index (χ1v) is 9.59. The highest BCUT2D eigenvalue weighted by Gasteiger charge is 2.11. The lowest BCUT2D eigenvalue weighted by molar-refractivity contribution is 0.628. The Morgan fingerprint density at radius 2 is 1.14 bits per heavy atom. The van der Waals surface area contributed by atoms with Crippen molar-refractivity contribution >= 4 is 10.9 Å². The van der Waals surface area contributed by atoms with E-state index in [4.69, 9.17) is 4.98 Å². The Bertz CT molecular complexity index is 1280. The van der Waals surface area contributed by atoms with Crippen molar-refractivity contribution in [3.63, 3.8) is 0 Å². The van der Waals surface area contributed by atoms with Crippen LogP contribution in [0.5, 0.6) is 0 Å². The second kappa shape index (κ2) is 7.33. The molecule has 4 aromatic carbocycles. The van der Waals surface area contributed by atoms with Gasteiger partial charge in [-0.15, -0.1) is 0 Å². The fourth-order valence-electron chi connectivity index (χ4n) is 3.66. The largest absolute Gasteiger partial charge is 0.248 e. The first-order chi connectivity index (χ1) is 14.3. The van der Waals surface area contributed by atoms with Crippen LogP contribution in [0.4, 0.5) is 4.39 Å². The smallest absolute Gasteiger partial charge is 0.123 e. The summed E-state index contributed by atoms with van der Waals surface area (Å²) in [6, 6.07) is 35.6. The lowest BCUT2D eigenvalue weighted by atomic mass is 9.96. The van der Waals surface area contributed by atoms with Gasteiger partial charge in [-0.05, 0) is 58.7 Å². The van der Waals surface area contributed by atoms with E-state index < -0.39 is 0 Å². The summed E-state index contributed by atoms with van der Waals surface area (Å²) in [5, 5.41) is 1.10. The Morgan fingerprint density at radius 1 is 0.517 bits per heavy atom. The van der Waals surface area contributed by atoms with E-state index >= 15 is 0 Å². The molecule has 0 fully saturated rings. The quantitative estimate of drug-likeness (QED) is 0.321. The van der Waals surface area contributed by atoms with Crippen molar-refractivity contribution in [3.05, 3.63) is 115 Å². The molecule has 2 heteroatoms. The molecule has 0 saturated carbocycles. The number of hydrogen-bond donors (Lipinski definition) is 0. The maximum Gasteiger partial charge on any atom is 0.123 e. The fraction of sp³-hybridized carbons (Fsp3) is 0. The summed E-state index contributed by atoms with van der Waals surface area (Å²) in [6.07, 6.45) is 0. The maximum atomic E-state index is 13.4. The SMILES string of the molecule is Fc1ccc(-c2cc(-c3ccccc3)c3ccc(-c4ccccc4)cc3n2)cc1. The lowest BCUT2D eigenvalue weighted by Crippen LogP contribution is -1.91. The molecule has 1 heterocycles. The van der Waals surface area contributed by atoms with Gasteiger partial charge in [-0.25, -0.2) is 9.37 Å². The summed E-state index contributed by atoms with van der Waals surface area (Å²) < 4.78 is 13.4. The zero-order valence-electron chi connectivity index (χ0n) is 15.7. The van der Waals surface area contributed by atoms with Crippen molar-refractivity contribution in [3.8, 4) is 33.5 Å². The molecule has 0 amide bonds. The molecule has 0 unspecified atom stereocenters. The van der Waals surface area contributed by atoms with Crippen molar-refractivity contribution in [2.45, 2.75) is 0 Å². The molecule has 0 atom stereocenters. The maximum absolute atomic E-state index is 13.4. The number of rotatable bonds is 3. The molecule has 29 heavy (non-hydrogen) atoms. The van der Waals surface area contributed by atoms with E-state index in [2.05, 4.69) is 48.5 Å². The van der Waals surface area contributed by atoms with Crippen LogP contribution in [-0.2, 0) is 0 Å². The number of aromatic nitrogens is 1. The Kier molecular flexibility index (Phi) is 4.38. The van der Waals surface area contributed by atoms with Gasteiger partial charge in [-0.1, -0.05) is 72.8 Å². The van der Waals surface area contributed by atoms with Crippen molar-refractivity contribution < 1.29 is 4.39 Å². The second-order valence-electron chi connectivity index (χ2n) is 7.03. The van der Waals surface area contributed by atoms with Crippen LogP contribution in [0.25, 0.3) is 44.4 Å². The molecule has 0 spiro atoms. The van der Waals surface area contributed by atoms with Crippen molar-refractivity contribution in [1.82, 2.24) is 4.98 Å².